The second kappa shape index (κ2) is 8.68. The van der Waals surface area contributed by atoms with Gasteiger partial charge in [-0.05, 0) is 30.3 Å². The Balaban J connectivity index is 1.90. The van der Waals surface area contributed by atoms with Gasteiger partial charge in [0, 0.05) is 20.1 Å². The highest BCUT2D eigenvalue weighted by atomic mass is 32.2. The summed E-state index contributed by atoms with van der Waals surface area (Å²) in [6.07, 6.45) is 2.66. The summed E-state index contributed by atoms with van der Waals surface area (Å²) in [5.41, 5.74) is 1.92. The number of nitrogens with zero attached hydrogens (tertiary/aromatic N) is 2. The monoisotopic (exact) mass is 411 g/mol. The van der Waals surface area contributed by atoms with Crippen molar-refractivity contribution in [1.29, 1.82) is 0 Å². The molecule has 0 radical (unpaired) electrons. The summed E-state index contributed by atoms with van der Waals surface area (Å²) in [5, 5.41) is 2.10. The average Bonchev–Trinajstić information content (AvgIpc) is 2.83. The number of thioether (sulfide) groups is 1. The molecule has 3 amide bonds. The molecule has 1 aromatic carbocycles. The van der Waals surface area contributed by atoms with Crippen LogP contribution in [0.4, 0.5) is 4.79 Å². The number of benzene rings is 1. The Bertz CT molecular complexity index is 878. The first-order chi connectivity index (χ1) is 12.6. The van der Waals surface area contributed by atoms with Crippen molar-refractivity contribution in [1.82, 2.24) is 14.5 Å². The van der Waals surface area contributed by atoms with E-state index in [4.69, 9.17) is 0 Å². The molecule has 0 unspecified atom stereocenters. The van der Waals surface area contributed by atoms with Crippen molar-refractivity contribution in [2.45, 2.75) is 6.92 Å². The Kier molecular flexibility index (Phi) is 6.79. The van der Waals surface area contributed by atoms with Crippen LogP contribution in [-0.4, -0.2) is 67.6 Å². The minimum atomic E-state index is -3.45. The fourth-order valence-corrected chi connectivity index (χ4v) is 3.41. The van der Waals surface area contributed by atoms with E-state index in [-0.39, 0.29) is 19.6 Å². The first-order valence-electron chi connectivity index (χ1n) is 8.08. The largest absolute Gasteiger partial charge is 0.353 e. The van der Waals surface area contributed by atoms with E-state index < -0.39 is 27.1 Å². The Morgan fingerprint density at radius 2 is 1.89 bits per heavy atom. The molecular formula is C17H21N3O5S2. The molecule has 146 valence electrons. The van der Waals surface area contributed by atoms with Gasteiger partial charge >= 0.3 is 0 Å². The summed E-state index contributed by atoms with van der Waals surface area (Å²) in [5.74, 6) is -0.918. The number of hydrogen-bond donors (Lipinski definition) is 1. The predicted octanol–water partition coefficient (Wildman–Crippen LogP) is 1.04. The molecule has 2 rings (SSSR count). The lowest BCUT2D eigenvalue weighted by molar-refractivity contribution is -0.124. The van der Waals surface area contributed by atoms with Gasteiger partial charge in [-0.2, -0.15) is 4.31 Å². The highest BCUT2D eigenvalue weighted by molar-refractivity contribution is 8.18. The lowest BCUT2D eigenvalue weighted by Crippen LogP contribution is -2.41. The Hall–Kier alpha value is -2.17. The van der Waals surface area contributed by atoms with Crippen LogP contribution >= 0.6 is 11.8 Å². The number of carbonyl (C=O) groups is 3. The van der Waals surface area contributed by atoms with E-state index in [1.165, 1.54) is 7.05 Å². The third kappa shape index (κ3) is 5.91. The second-order valence-electron chi connectivity index (χ2n) is 6.11. The molecule has 0 aromatic heterocycles. The lowest BCUT2D eigenvalue weighted by Gasteiger charge is -2.15. The fraction of sp³-hybridized carbons (Fsp3) is 0.353. The molecule has 1 aliphatic heterocycles. The van der Waals surface area contributed by atoms with Crippen molar-refractivity contribution in [3.05, 3.63) is 40.3 Å². The normalized spacial score (nSPS) is 16.4. The zero-order chi connectivity index (χ0) is 20.2. The molecule has 1 aliphatic rings. The van der Waals surface area contributed by atoms with Crippen LogP contribution in [0.2, 0.25) is 0 Å². The molecule has 1 N–H and O–H groups in total. The van der Waals surface area contributed by atoms with Gasteiger partial charge in [-0.25, -0.2) is 8.42 Å². The van der Waals surface area contributed by atoms with Gasteiger partial charge in [0.25, 0.3) is 11.1 Å². The van der Waals surface area contributed by atoms with Crippen LogP contribution in [0, 0.1) is 6.92 Å². The Morgan fingerprint density at radius 3 is 2.48 bits per heavy atom. The number of carbonyl (C=O) groups excluding carboxylic acids is 3. The molecule has 8 nitrogen and oxygen atoms in total. The summed E-state index contributed by atoms with van der Waals surface area (Å²) in [6, 6.07) is 7.56. The summed E-state index contributed by atoms with van der Waals surface area (Å²) in [7, 11) is -2.16. The number of sulfonamides is 1. The maximum Gasteiger partial charge on any atom is 0.293 e. The van der Waals surface area contributed by atoms with E-state index in [1.807, 2.05) is 31.2 Å². The SMILES string of the molecule is Cc1ccc(/C=C2\SC(=O)N(CCNC(=O)CN(C)S(C)(=O)=O)C2=O)cc1. The van der Waals surface area contributed by atoms with Crippen LogP contribution in [0.15, 0.2) is 29.2 Å². The summed E-state index contributed by atoms with van der Waals surface area (Å²) in [6.45, 7) is 1.70. The van der Waals surface area contributed by atoms with Crippen molar-refractivity contribution in [2.75, 3.05) is 32.9 Å². The van der Waals surface area contributed by atoms with Crippen LogP contribution < -0.4 is 5.32 Å². The van der Waals surface area contributed by atoms with Gasteiger partial charge in [0.2, 0.25) is 15.9 Å². The van der Waals surface area contributed by atoms with Crippen LogP contribution in [0.5, 0.6) is 0 Å². The van der Waals surface area contributed by atoms with E-state index in [1.54, 1.807) is 6.08 Å². The minimum Gasteiger partial charge on any atom is -0.353 e. The van der Waals surface area contributed by atoms with E-state index in [2.05, 4.69) is 5.32 Å². The van der Waals surface area contributed by atoms with Gasteiger partial charge in [0.15, 0.2) is 0 Å². The smallest absolute Gasteiger partial charge is 0.293 e. The molecule has 1 aromatic rings. The van der Waals surface area contributed by atoms with Crippen molar-refractivity contribution in [3.8, 4) is 0 Å². The molecule has 1 heterocycles. The molecule has 1 fully saturated rings. The van der Waals surface area contributed by atoms with E-state index in [0.29, 0.717) is 4.91 Å². The summed E-state index contributed by atoms with van der Waals surface area (Å²) >= 11 is 0.852. The predicted molar refractivity (Wildman–Crippen MR) is 104 cm³/mol. The van der Waals surface area contributed by atoms with Crippen molar-refractivity contribution >= 4 is 44.9 Å². The number of imide groups is 1. The maximum absolute atomic E-state index is 12.4. The van der Waals surface area contributed by atoms with Gasteiger partial charge in [-0.3, -0.25) is 19.3 Å². The molecule has 10 heteroatoms. The van der Waals surface area contributed by atoms with Crippen LogP contribution in [0.3, 0.4) is 0 Å². The fourth-order valence-electron chi connectivity index (χ4n) is 2.19. The zero-order valence-electron chi connectivity index (χ0n) is 15.3. The van der Waals surface area contributed by atoms with Gasteiger partial charge in [0.05, 0.1) is 17.7 Å². The van der Waals surface area contributed by atoms with Gasteiger partial charge in [0.1, 0.15) is 0 Å². The van der Waals surface area contributed by atoms with Gasteiger partial charge in [-0.15, -0.1) is 0 Å². The first-order valence-corrected chi connectivity index (χ1v) is 10.7. The van der Waals surface area contributed by atoms with Gasteiger partial charge < -0.3 is 5.32 Å². The van der Waals surface area contributed by atoms with E-state index in [9.17, 15) is 22.8 Å². The van der Waals surface area contributed by atoms with Crippen LogP contribution in [0.1, 0.15) is 11.1 Å². The number of rotatable bonds is 7. The average molecular weight is 412 g/mol. The van der Waals surface area contributed by atoms with E-state index in [0.717, 1.165) is 38.3 Å². The van der Waals surface area contributed by atoms with Crippen molar-refractivity contribution < 1.29 is 22.8 Å². The highest BCUT2D eigenvalue weighted by Crippen LogP contribution is 2.31. The molecule has 0 spiro atoms. The Labute approximate surface area is 162 Å². The molecule has 1 saturated heterocycles. The number of amides is 3. The molecule has 0 bridgehead atoms. The Morgan fingerprint density at radius 1 is 1.26 bits per heavy atom. The molecular weight excluding hydrogens is 390 g/mol. The van der Waals surface area contributed by atoms with Crippen LogP contribution in [0.25, 0.3) is 6.08 Å². The first kappa shape index (κ1) is 21.1. The molecule has 0 aliphatic carbocycles. The standard InChI is InChI=1S/C17H21N3O5S2/c1-12-4-6-13(7-5-12)10-14-16(22)20(17(23)26-14)9-8-18-15(21)11-19(2)27(3,24)25/h4-7,10H,8-9,11H2,1-3H3,(H,18,21)/b14-10-. The second-order valence-corrected chi connectivity index (χ2v) is 9.20. The van der Waals surface area contributed by atoms with Crippen LogP contribution in [-0.2, 0) is 19.6 Å². The number of hydrogen-bond acceptors (Lipinski definition) is 6. The number of aryl methyl sites for hydroxylation is 1. The summed E-state index contributed by atoms with van der Waals surface area (Å²) in [4.78, 5) is 37.6. The van der Waals surface area contributed by atoms with Gasteiger partial charge in [-0.1, -0.05) is 29.8 Å². The topological polar surface area (TPSA) is 104 Å². The number of nitrogens with one attached hydrogen (secondary N) is 1. The third-order valence-corrected chi connectivity index (χ3v) is 6.01. The third-order valence-electron chi connectivity index (χ3n) is 3.84. The highest BCUT2D eigenvalue weighted by Gasteiger charge is 2.34. The minimum absolute atomic E-state index is 0.0181. The summed E-state index contributed by atoms with van der Waals surface area (Å²) < 4.78 is 23.5. The molecule has 0 saturated carbocycles. The molecule has 0 atom stereocenters. The lowest BCUT2D eigenvalue weighted by atomic mass is 10.1. The zero-order valence-corrected chi connectivity index (χ0v) is 16.9. The quantitative estimate of drug-likeness (QED) is 0.673. The number of likely N-dealkylation sites (N-methyl/N-ethyl adjacent to an activating group) is 1. The van der Waals surface area contributed by atoms with E-state index >= 15 is 0 Å². The van der Waals surface area contributed by atoms with Crippen molar-refractivity contribution in [2.24, 2.45) is 0 Å². The maximum atomic E-state index is 12.4. The molecule has 27 heavy (non-hydrogen) atoms. The van der Waals surface area contributed by atoms with Crippen molar-refractivity contribution in [3.63, 3.8) is 0 Å².